The van der Waals surface area contributed by atoms with E-state index < -0.39 is 5.97 Å². The maximum atomic E-state index is 13.1. The minimum Gasteiger partial charge on any atom is -0.476 e. The third kappa shape index (κ3) is 7.54. The predicted octanol–water partition coefficient (Wildman–Crippen LogP) is 6.12. The Balaban J connectivity index is 1.26. The van der Waals surface area contributed by atoms with E-state index in [0.29, 0.717) is 11.6 Å². The molecule has 5 rings (SSSR count). The van der Waals surface area contributed by atoms with Crippen molar-refractivity contribution in [2.45, 2.75) is 57.6 Å². The highest BCUT2D eigenvalue weighted by Crippen LogP contribution is 2.27. The zero-order chi connectivity index (χ0) is 28.6. The molecule has 0 spiro atoms. The highest BCUT2D eigenvalue weighted by molar-refractivity contribution is 6.30. The number of amides is 1. The Labute approximate surface area is 243 Å². The van der Waals surface area contributed by atoms with Gasteiger partial charge in [-0.2, -0.15) is 5.10 Å². The number of carbonyl (C=O) groups is 2. The molecule has 0 aliphatic heterocycles. The first-order valence-corrected chi connectivity index (χ1v) is 14.1. The van der Waals surface area contributed by atoms with Crippen LogP contribution in [0.25, 0.3) is 11.1 Å². The van der Waals surface area contributed by atoms with Crippen molar-refractivity contribution in [1.29, 1.82) is 0 Å². The van der Waals surface area contributed by atoms with Crippen molar-refractivity contribution in [3.8, 4) is 17.0 Å². The average Bonchev–Trinajstić information content (AvgIpc) is 3.39. The third-order valence-corrected chi connectivity index (χ3v) is 7.41. The molecule has 0 bridgehead atoms. The van der Waals surface area contributed by atoms with E-state index >= 15 is 0 Å². The minimum absolute atomic E-state index is 0.0970. The number of carbonyl (C=O) groups excluding carboxylic acids is 1. The Hall–Kier alpha value is -4.14. The van der Waals surface area contributed by atoms with Crippen LogP contribution in [0.1, 0.15) is 47.3 Å². The Morgan fingerprint density at radius 1 is 0.951 bits per heavy atom. The fourth-order valence-corrected chi connectivity index (χ4v) is 5.20. The Morgan fingerprint density at radius 3 is 2.46 bits per heavy atom. The molecule has 9 heteroatoms. The van der Waals surface area contributed by atoms with Gasteiger partial charge in [-0.05, 0) is 47.2 Å². The lowest BCUT2D eigenvalue weighted by molar-refractivity contribution is -0.124. The lowest BCUT2D eigenvalue weighted by atomic mass is 9.92. The van der Waals surface area contributed by atoms with Crippen LogP contribution in [0.15, 0.2) is 84.9 Å². The molecule has 8 nitrogen and oxygen atoms in total. The van der Waals surface area contributed by atoms with Crippen LogP contribution in [0.5, 0.6) is 5.88 Å². The lowest BCUT2D eigenvalue weighted by Crippen LogP contribution is -2.47. The molecule has 0 unspecified atom stereocenters. The number of ether oxygens (including phenoxy) is 2. The molecule has 212 valence electrons. The summed E-state index contributed by atoms with van der Waals surface area (Å²) in [6, 6.07) is 26.4. The van der Waals surface area contributed by atoms with Gasteiger partial charge in [0.15, 0.2) is 5.69 Å². The van der Waals surface area contributed by atoms with E-state index in [9.17, 15) is 14.7 Å². The maximum Gasteiger partial charge on any atom is 0.356 e. The van der Waals surface area contributed by atoms with Gasteiger partial charge in [0.2, 0.25) is 11.8 Å². The van der Waals surface area contributed by atoms with E-state index in [0.717, 1.165) is 47.9 Å². The summed E-state index contributed by atoms with van der Waals surface area (Å²) in [5.41, 5.74) is 3.72. The quantitative estimate of drug-likeness (QED) is 0.224. The smallest absolute Gasteiger partial charge is 0.356 e. The van der Waals surface area contributed by atoms with Crippen LogP contribution in [-0.4, -0.2) is 38.9 Å². The molecular formula is C32H32ClN3O5. The lowest BCUT2D eigenvalue weighted by Gasteiger charge is -2.32. The average molecular weight is 574 g/mol. The summed E-state index contributed by atoms with van der Waals surface area (Å²) in [6.45, 7) is 0.459. The van der Waals surface area contributed by atoms with Gasteiger partial charge in [0.1, 0.15) is 13.2 Å². The molecule has 1 aliphatic carbocycles. The number of halogens is 1. The molecule has 1 fully saturated rings. The summed E-state index contributed by atoms with van der Waals surface area (Å²) in [5, 5.41) is 17.4. The van der Waals surface area contributed by atoms with Crippen molar-refractivity contribution < 1.29 is 24.2 Å². The Kier molecular flexibility index (Phi) is 9.33. The monoisotopic (exact) mass is 573 g/mol. The van der Waals surface area contributed by atoms with Crippen LogP contribution in [0, 0.1) is 0 Å². The van der Waals surface area contributed by atoms with E-state index in [1.165, 1.54) is 10.7 Å². The standard InChI is InChI=1S/C32H32ClN3O5/c33-25-16-14-23(15-17-25)26-11-5-4-10-24(26)21-41-31-18-28(32(38)39)35-36(31)19-30(37)34-27-12-6-7-13-29(27)40-20-22-8-2-1-3-9-22/h1-5,8-11,14-18,27,29H,6-7,12-13,19-21H2,(H,34,37)(H,38,39)/t27-,29-/m0/s1. The van der Waals surface area contributed by atoms with Gasteiger partial charge in [-0.15, -0.1) is 0 Å². The minimum atomic E-state index is -1.20. The van der Waals surface area contributed by atoms with Crippen molar-refractivity contribution in [2.24, 2.45) is 0 Å². The van der Waals surface area contributed by atoms with Gasteiger partial charge in [-0.25, -0.2) is 9.48 Å². The van der Waals surface area contributed by atoms with Crippen molar-refractivity contribution in [1.82, 2.24) is 15.1 Å². The largest absolute Gasteiger partial charge is 0.476 e. The van der Waals surface area contributed by atoms with Crippen LogP contribution in [0.4, 0.5) is 0 Å². The summed E-state index contributed by atoms with van der Waals surface area (Å²) in [6.07, 6.45) is 3.63. The number of benzene rings is 3. The summed E-state index contributed by atoms with van der Waals surface area (Å²) in [7, 11) is 0. The van der Waals surface area contributed by atoms with E-state index in [1.807, 2.05) is 78.9 Å². The molecule has 1 amide bonds. The van der Waals surface area contributed by atoms with Crippen molar-refractivity contribution in [3.05, 3.63) is 107 Å². The van der Waals surface area contributed by atoms with E-state index in [4.69, 9.17) is 21.1 Å². The number of aromatic carboxylic acids is 1. The summed E-state index contributed by atoms with van der Waals surface area (Å²) in [4.78, 5) is 24.8. The van der Waals surface area contributed by atoms with Gasteiger partial charge >= 0.3 is 5.97 Å². The molecule has 0 saturated heterocycles. The van der Waals surface area contributed by atoms with Crippen LogP contribution in [0.3, 0.4) is 0 Å². The molecule has 1 heterocycles. The number of carboxylic acids is 1. The first-order chi connectivity index (χ1) is 20.0. The fraction of sp³-hybridized carbons (Fsp3) is 0.281. The molecular weight excluding hydrogens is 542 g/mol. The van der Waals surface area contributed by atoms with Gasteiger partial charge in [0.05, 0.1) is 18.8 Å². The molecule has 1 aromatic heterocycles. The second-order valence-corrected chi connectivity index (χ2v) is 10.5. The summed E-state index contributed by atoms with van der Waals surface area (Å²) < 4.78 is 13.5. The molecule has 2 atom stereocenters. The van der Waals surface area contributed by atoms with Gasteiger partial charge in [0.25, 0.3) is 0 Å². The number of aromatic nitrogens is 2. The van der Waals surface area contributed by atoms with Crippen LogP contribution in [-0.2, 0) is 29.3 Å². The number of nitrogens with one attached hydrogen (secondary N) is 1. The molecule has 41 heavy (non-hydrogen) atoms. The van der Waals surface area contributed by atoms with Crippen LogP contribution in [0.2, 0.25) is 5.02 Å². The van der Waals surface area contributed by atoms with Gasteiger partial charge in [-0.1, -0.05) is 91.2 Å². The number of carboxylic acid groups (broad SMARTS) is 1. The van der Waals surface area contributed by atoms with Crippen LogP contribution >= 0.6 is 11.6 Å². The molecule has 0 radical (unpaired) electrons. The molecule has 3 aromatic carbocycles. The summed E-state index contributed by atoms with van der Waals surface area (Å²) in [5.74, 6) is -1.28. The normalized spacial score (nSPS) is 16.7. The van der Waals surface area contributed by atoms with Crippen LogP contribution < -0.4 is 10.1 Å². The first kappa shape index (κ1) is 28.4. The second kappa shape index (κ2) is 13.5. The Morgan fingerprint density at radius 2 is 1.68 bits per heavy atom. The molecule has 1 aliphatic rings. The van der Waals surface area contributed by atoms with Gasteiger partial charge in [0, 0.05) is 11.1 Å². The zero-order valence-corrected chi connectivity index (χ0v) is 23.3. The molecule has 2 N–H and O–H groups in total. The van der Waals surface area contributed by atoms with Crippen molar-refractivity contribution in [2.75, 3.05) is 0 Å². The fourth-order valence-electron chi connectivity index (χ4n) is 5.07. The number of nitrogens with zero attached hydrogens (tertiary/aromatic N) is 2. The highest BCUT2D eigenvalue weighted by atomic mass is 35.5. The number of hydrogen-bond acceptors (Lipinski definition) is 5. The van der Waals surface area contributed by atoms with E-state index in [1.54, 1.807) is 0 Å². The SMILES string of the molecule is O=C(Cn1nc(C(=O)O)cc1OCc1ccccc1-c1ccc(Cl)cc1)N[C@H]1CCCC[C@@H]1OCc1ccccc1. The van der Waals surface area contributed by atoms with E-state index in [-0.39, 0.29) is 42.8 Å². The van der Waals surface area contributed by atoms with Gasteiger partial charge < -0.3 is 19.9 Å². The van der Waals surface area contributed by atoms with Crippen molar-refractivity contribution in [3.63, 3.8) is 0 Å². The van der Waals surface area contributed by atoms with Crippen molar-refractivity contribution >= 4 is 23.5 Å². The number of rotatable bonds is 11. The number of hydrogen-bond donors (Lipinski definition) is 2. The molecule has 4 aromatic rings. The first-order valence-electron chi connectivity index (χ1n) is 13.7. The highest BCUT2D eigenvalue weighted by Gasteiger charge is 2.28. The maximum absolute atomic E-state index is 13.1. The van der Waals surface area contributed by atoms with Gasteiger partial charge in [-0.3, -0.25) is 4.79 Å². The molecule has 1 saturated carbocycles. The second-order valence-electron chi connectivity index (χ2n) is 10.1. The topological polar surface area (TPSA) is 103 Å². The van der Waals surface area contributed by atoms with E-state index in [2.05, 4.69) is 10.4 Å². The summed E-state index contributed by atoms with van der Waals surface area (Å²) >= 11 is 6.06. The zero-order valence-electron chi connectivity index (χ0n) is 22.5. The Bertz CT molecular complexity index is 1470. The third-order valence-electron chi connectivity index (χ3n) is 7.16. The predicted molar refractivity (Wildman–Crippen MR) is 156 cm³/mol.